The Kier molecular flexibility index (Phi) is 6.00. The molecule has 0 saturated carbocycles. The maximum atomic E-state index is 13.1. The number of amides is 1. The van der Waals surface area contributed by atoms with E-state index in [1.807, 2.05) is 18.2 Å². The summed E-state index contributed by atoms with van der Waals surface area (Å²) in [5, 5.41) is 3.97. The highest BCUT2D eigenvalue weighted by Crippen LogP contribution is 2.26. The van der Waals surface area contributed by atoms with E-state index in [0.29, 0.717) is 38.5 Å². The van der Waals surface area contributed by atoms with E-state index in [4.69, 9.17) is 16.0 Å². The lowest BCUT2D eigenvalue weighted by Crippen LogP contribution is -2.15. The first-order valence-corrected chi connectivity index (χ1v) is 11.2. The minimum atomic E-state index is -0.491. The summed E-state index contributed by atoms with van der Waals surface area (Å²) in [4.78, 5) is 38.8. The Balaban J connectivity index is 1.47. The molecule has 0 saturated heterocycles. The number of anilines is 1. The number of rotatable bonds is 5. The van der Waals surface area contributed by atoms with Gasteiger partial charge in [-0.25, -0.2) is 4.79 Å². The average molecular weight is 480 g/mol. The summed E-state index contributed by atoms with van der Waals surface area (Å²) in [6.45, 7) is 0. The Bertz CT molecular complexity index is 1640. The lowest BCUT2D eigenvalue weighted by atomic mass is 10.0. The number of nitrogens with one attached hydrogen (secondary N) is 1. The first-order chi connectivity index (χ1) is 17.0. The van der Waals surface area contributed by atoms with Crippen molar-refractivity contribution in [2.45, 2.75) is 0 Å². The van der Waals surface area contributed by atoms with E-state index in [1.165, 1.54) is 6.07 Å². The number of ketones is 1. The summed E-state index contributed by atoms with van der Waals surface area (Å²) in [5.41, 5.74) is 2.33. The molecule has 0 aliphatic carbocycles. The molecule has 1 aromatic heterocycles. The standard InChI is InChI=1S/C29H18ClNO4/c30-22-13-14-25(24(17-22)27(32)18-7-2-1-3-8-18)31-28(33)21-11-6-10-19(15-21)23-16-20-9-4-5-12-26(20)35-29(23)34/h1-17H,(H,31,33). The van der Waals surface area contributed by atoms with Crippen LogP contribution in [0, 0.1) is 0 Å². The minimum absolute atomic E-state index is 0.258. The molecule has 6 heteroatoms. The van der Waals surface area contributed by atoms with Crippen LogP contribution in [0.2, 0.25) is 5.02 Å². The predicted molar refractivity (Wildman–Crippen MR) is 137 cm³/mol. The summed E-state index contributed by atoms with van der Waals surface area (Å²) < 4.78 is 5.43. The van der Waals surface area contributed by atoms with Gasteiger partial charge in [0.05, 0.1) is 11.3 Å². The number of carbonyl (C=O) groups is 2. The van der Waals surface area contributed by atoms with Gasteiger partial charge in [0.2, 0.25) is 0 Å². The van der Waals surface area contributed by atoms with Gasteiger partial charge < -0.3 is 9.73 Å². The van der Waals surface area contributed by atoms with Crippen molar-refractivity contribution >= 4 is 39.9 Å². The van der Waals surface area contributed by atoms with Gasteiger partial charge in [0.15, 0.2) is 5.78 Å². The second-order valence-electron chi connectivity index (χ2n) is 7.91. The predicted octanol–water partition coefficient (Wildman–Crippen LogP) is 6.60. The van der Waals surface area contributed by atoms with Gasteiger partial charge in [-0.2, -0.15) is 0 Å². The van der Waals surface area contributed by atoms with Gasteiger partial charge in [0, 0.05) is 27.1 Å². The molecule has 0 spiro atoms. The lowest BCUT2D eigenvalue weighted by molar-refractivity contribution is 0.102. The van der Waals surface area contributed by atoms with Crippen LogP contribution in [-0.4, -0.2) is 11.7 Å². The van der Waals surface area contributed by atoms with Gasteiger partial charge in [-0.05, 0) is 48.0 Å². The highest BCUT2D eigenvalue weighted by Gasteiger charge is 2.17. The molecule has 0 bridgehead atoms. The average Bonchev–Trinajstić information content (AvgIpc) is 2.89. The Morgan fingerprint density at radius 1 is 0.743 bits per heavy atom. The first kappa shape index (κ1) is 22.3. The third-order valence-corrected chi connectivity index (χ3v) is 5.82. The molecular weight excluding hydrogens is 462 g/mol. The van der Waals surface area contributed by atoms with Crippen molar-refractivity contribution in [3.05, 3.63) is 135 Å². The van der Waals surface area contributed by atoms with Gasteiger partial charge in [-0.1, -0.05) is 72.3 Å². The number of para-hydroxylation sites is 1. The van der Waals surface area contributed by atoms with E-state index >= 15 is 0 Å². The van der Waals surface area contributed by atoms with Crippen LogP contribution >= 0.6 is 11.6 Å². The topological polar surface area (TPSA) is 76.4 Å². The van der Waals surface area contributed by atoms with Crippen molar-refractivity contribution in [3.63, 3.8) is 0 Å². The second kappa shape index (κ2) is 9.41. The van der Waals surface area contributed by atoms with Crippen molar-refractivity contribution in [2.24, 2.45) is 0 Å². The molecule has 5 aromatic rings. The number of benzene rings is 4. The van der Waals surface area contributed by atoms with Crippen molar-refractivity contribution in [3.8, 4) is 11.1 Å². The molecule has 35 heavy (non-hydrogen) atoms. The Hall–Kier alpha value is -4.48. The van der Waals surface area contributed by atoms with Crippen LogP contribution < -0.4 is 10.9 Å². The minimum Gasteiger partial charge on any atom is -0.422 e. The van der Waals surface area contributed by atoms with Crippen LogP contribution in [0.4, 0.5) is 5.69 Å². The fourth-order valence-corrected chi connectivity index (χ4v) is 4.02. The van der Waals surface area contributed by atoms with E-state index in [1.54, 1.807) is 78.9 Å². The molecule has 0 atom stereocenters. The van der Waals surface area contributed by atoms with E-state index in [2.05, 4.69) is 5.32 Å². The van der Waals surface area contributed by atoms with E-state index in [-0.39, 0.29) is 11.3 Å². The summed E-state index contributed by atoms with van der Waals surface area (Å²) >= 11 is 6.14. The van der Waals surface area contributed by atoms with Crippen molar-refractivity contribution in [1.29, 1.82) is 0 Å². The Labute approximate surface area is 205 Å². The number of carbonyl (C=O) groups excluding carboxylic acids is 2. The Morgan fingerprint density at radius 2 is 1.49 bits per heavy atom. The van der Waals surface area contributed by atoms with E-state index in [9.17, 15) is 14.4 Å². The van der Waals surface area contributed by atoms with Crippen LogP contribution in [0.5, 0.6) is 0 Å². The highest BCUT2D eigenvalue weighted by atomic mass is 35.5. The molecule has 0 aliphatic heterocycles. The number of fused-ring (bicyclic) bond motifs is 1. The van der Waals surface area contributed by atoms with Gasteiger partial charge in [0.25, 0.3) is 5.91 Å². The molecular formula is C29H18ClNO4. The quantitative estimate of drug-likeness (QED) is 0.228. The molecule has 0 fully saturated rings. The molecule has 1 N–H and O–H groups in total. The van der Waals surface area contributed by atoms with Gasteiger partial charge >= 0.3 is 5.63 Å². The third-order valence-electron chi connectivity index (χ3n) is 5.59. The van der Waals surface area contributed by atoms with Crippen LogP contribution in [-0.2, 0) is 0 Å². The second-order valence-corrected chi connectivity index (χ2v) is 8.34. The lowest BCUT2D eigenvalue weighted by Gasteiger charge is -2.12. The third kappa shape index (κ3) is 4.63. The van der Waals surface area contributed by atoms with Crippen LogP contribution in [0.1, 0.15) is 26.3 Å². The SMILES string of the molecule is O=C(Nc1ccc(Cl)cc1C(=O)c1ccccc1)c1cccc(-c2cc3ccccc3oc2=O)c1. The summed E-state index contributed by atoms with van der Waals surface area (Å²) in [5.74, 6) is -0.688. The zero-order chi connectivity index (χ0) is 24.4. The summed E-state index contributed by atoms with van der Waals surface area (Å²) in [7, 11) is 0. The molecule has 1 heterocycles. The van der Waals surface area contributed by atoms with E-state index < -0.39 is 11.5 Å². The maximum Gasteiger partial charge on any atom is 0.344 e. The molecule has 0 aliphatic rings. The molecule has 4 aromatic carbocycles. The van der Waals surface area contributed by atoms with Crippen molar-refractivity contribution in [2.75, 3.05) is 5.32 Å². The van der Waals surface area contributed by atoms with Crippen molar-refractivity contribution < 1.29 is 14.0 Å². The molecule has 5 nitrogen and oxygen atoms in total. The van der Waals surface area contributed by atoms with Crippen LogP contribution in [0.15, 0.2) is 112 Å². The molecule has 0 unspecified atom stereocenters. The first-order valence-electron chi connectivity index (χ1n) is 10.8. The maximum absolute atomic E-state index is 13.1. The van der Waals surface area contributed by atoms with Gasteiger partial charge in [-0.15, -0.1) is 0 Å². The summed E-state index contributed by atoms with van der Waals surface area (Å²) in [6, 6.07) is 29.2. The smallest absolute Gasteiger partial charge is 0.344 e. The fraction of sp³-hybridized carbons (Fsp3) is 0. The van der Waals surface area contributed by atoms with Gasteiger partial charge in [0.1, 0.15) is 5.58 Å². The molecule has 170 valence electrons. The zero-order valence-corrected chi connectivity index (χ0v) is 19.1. The van der Waals surface area contributed by atoms with Crippen LogP contribution in [0.3, 0.4) is 0 Å². The van der Waals surface area contributed by atoms with E-state index in [0.717, 1.165) is 5.39 Å². The largest absolute Gasteiger partial charge is 0.422 e. The molecule has 1 amide bonds. The van der Waals surface area contributed by atoms with Crippen molar-refractivity contribution in [1.82, 2.24) is 0 Å². The highest BCUT2D eigenvalue weighted by molar-refractivity contribution is 6.31. The Morgan fingerprint density at radius 3 is 2.31 bits per heavy atom. The van der Waals surface area contributed by atoms with Crippen LogP contribution in [0.25, 0.3) is 22.1 Å². The monoisotopic (exact) mass is 479 g/mol. The normalized spacial score (nSPS) is 10.8. The fourth-order valence-electron chi connectivity index (χ4n) is 3.84. The number of hydrogen-bond acceptors (Lipinski definition) is 4. The molecule has 0 radical (unpaired) electrons. The number of halogens is 1. The number of hydrogen-bond donors (Lipinski definition) is 1. The van der Waals surface area contributed by atoms with Gasteiger partial charge in [-0.3, -0.25) is 9.59 Å². The molecule has 5 rings (SSSR count). The zero-order valence-electron chi connectivity index (χ0n) is 18.3. The summed E-state index contributed by atoms with van der Waals surface area (Å²) in [6.07, 6.45) is 0.